The summed E-state index contributed by atoms with van der Waals surface area (Å²) in [5.74, 6) is 0.897. The van der Waals surface area contributed by atoms with Gasteiger partial charge in [0.1, 0.15) is 5.75 Å². The van der Waals surface area contributed by atoms with Crippen molar-refractivity contribution in [2.24, 2.45) is 5.73 Å². The number of hydrogen-bond acceptors (Lipinski definition) is 4. The Morgan fingerprint density at radius 3 is 2.78 bits per heavy atom. The highest BCUT2D eigenvalue weighted by molar-refractivity contribution is 5.27. The molecule has 1 saturated heterocycles. The van der Waals surface area contributed by atoms with Crippen molar-refractivity contribution >= 4 is 0 Å². The monoisotopic (exact) mass is 250 g/mol. The standard InChI is InChI=1S/C14H22N2O2/c1-11(15)14-10-16(7-8-18-14)9-12-3-5-13(17-2)6-4-12/h3-6,11,14H,7-10,15H2,1-2H3. The van der Waals surface area contributed by atoms with Crippen LogP contribution in [0.2, 0.25) is 0 Å². The fourth-order valence-corrected chi connectivity index (χ4v) is 2.18. The van der Waals surface area contributed by atoms with Crippen molar-refractivity contribution in [3.8, 4) is 5.75 Å². The highest BCUT2D eigenvalue weighted by atomic mass is 16.5. The Bertz CT molecular complexity index is 365. The first-order chi connectivity index (χ1) is 8.69. The minimum absolute atomic E-state index is 0.0867. The van der Waals surface area contributed by atoms with Crippen molar-refractivity contribution in [2.45, 2.75) is 25.6 Å². The average molecular weight is 250 g/mol. The number of methoxy groups -OCH3 is 1. The molecular formula is C14H22N2O2. The largest absolute Gasteiger partial charge is 0.497 e. The highest BCUT2D eigenvalue weighted by Crippen LogP contribution is 2.15. The van der Waals surface area contributed by atoms with Crippen LogP contribution in [0.4, 0.5) is 0 Å². The van der Waals surface area contributed by atoms with Gasteiger partial charge in [0.05, 0.1) is 19.8 Å². The van der Waals surface area contributed by atoms with E-state index in [4.69, 9.17) is 15.2 Å². The molecule has 100 valence electrons. The molecule has 2 atom stereocenters. The lowest BCUT2D eigenvalue weighted by Gasteiger charge is -2.34. The number of nitrogens with zero attached hydrogens (tertiary/aromatic N) is 1. The topological polar surface area (TPSA) is 47.7 Å². The third kappa shape index (κ3) is 3.45. The van der Waals surface area contributed by atoms with Crippen LogP contribution in [0.25, 0.3) is 0 Å². The smallest absolute Gasteiger partial charge is 0.118 e. The van der Waals surface area contributed by atoms with Crippen molar-refractivity contribution in [1.29, 1.82) is 0 Å². The summed E-state index contributed by atoms with van der Waals surface area (Å²) < 4.78 is 10.8. The van der Waals surface area contributed by atoms with E-state index in [1.807, 2.05) is 19.1 Å². The van der Waals surface area contributed by atoms with Crippen LogP contribution < -0.4 is 10.5 Å². The predicted octanol–water partition coefficient (Wildman–Crippen LogP) is 1.24. The summed E-state index contributed by atoms with van der Waals surface area (Å²) in [6, 6.07) is 8.30. The number of rotatable bonds is 4. The van der Waals surface area contributed by atoms with Gasteiger partial charge in [0.15, 0.2) is 0 Å². The van der Waals surface area contributed by atoms with Gasteiger partial charge in [-0.2, -0.15) is 0 Å². The van der Waals surface area contributed by atoms with E-state index in [0.29, 0.717) is 0 Å². The first-order valence-corrected chi connectivity index (χ1v) is 6.41. The second-order valence-electron chi connectivity index (χ2n) is 4.85. The van der Waals surface area contributed by atoms with E-state index >= 15 is 0 Å². The summed E-state index contributed by atoms with van der Waals surface area (Å²) >= 11 is 0. The van der Waals surface area contributed by atoms with Crippen LogP contribution in [-0.4, -0.2) is 43.9 Å². The van der Waals surface area contributed by atoms with Crippen molar-refractivity contribution in [3.63, 3.8) is 0 Å². The summed E-state index contributed by atoms with van der Waals surface area (Å²) in [6.07, 6.45) is 0.150. The molecule has 4 nitrogen and oxygen atoms in total. The van der Waals surface area contributed by atoms with Crippen LogP contribution in [0.3, 0.4) is 0 Å². The number of morpholine rings is 1. The lowest BCUT2D eigenvalue weighted by Crippen LogP contribution is -2.49. The number of nitrogens with two attached hydrogens (primary N) is 1. The van der Waals surface area contributed by atoms with E-state index in [2.05, 4.69) is 17.0 Å². The predicted molar refractivity (Wildman–Crippen MR) is 71.7 cm³/mol. The average Bonchev–Trinajstić information content (AvgIpc) is 2.40. The zero-order valence-electron chi connectivity index (χ0n) is 11.1. The minimum atomic E-state index is 0.0867. The zero-order chi connectivity index (χ0) is 13.0. The van der Waals surface area contributed by atoms with E-state index in [-0.39, 0.29) is 12.1 Å². The van der Waals surface area contributed by atoms with Gasteiger partial charge in [0.2, 0.25) is 0 Å². The van der Waals surface area contributed by atoms with Crippen LogP contribution in [0, 0.1) is 0 Å². The molecule has 1 aliphatic rings. The lowest BCUT2D eigenvalue weighted by molar-refractivity contribution is -0.0403. The third-order valence-corrected chi connectivity index (χ3v) is 3.33. The fourth-order valence-electron chi connectivity index (χ4n) is 2.18. The number of hydrogen-bond donors (Lipinski definition) is 1. The Morgan fingerprint density at radius 1 is 1.44 bits per heavy atom. The van der Waals surface area contributed by atoms with Gasteiger partial charge in [0, 0.05) is 25.7 Å². The summed E-state index contributed by atoms with van der Waals surface area (Å²) in [5, 5.41) is 0. The Labute approximate surface area is 109 Å². The first kappa shape index (κ1) is 13.3. The highest BCUT2D eigenvalue weighted by Gasteiger charge is 2.23. The Balaban J connectivity index is 1.91. The molecule has 0 aromatic heterocycles. The van der Waals surface area contributed by atoms with Gasteiger partial charge in [-0.15, -0.1) is 0 Å². The maximum absolute atomic E-state index is 5.89. The van der Waals surface area contributed by atoms with Crippen LogP contribution >= 0.6 is 0 Å². The molecule has 1 aromatic carbocycles. The number of benzene rings is 1. The Hall–Kier alpha value is -1.10. The van der Waals surface area contributed by atoms with E-state index < -0.39 is 0 Å². The van der Waals surface area contributed by atoms with E-state index in [0.717, 1.165) is 32.0 Å². The quantitative estimate of drug-likeness (QED) is 0.873. The molecule has 0 amide bonds. The van der Waals surface area contributed by atoms with Crippen LogP contribution in [-0.2, 0) is 11.3 Å². The van der Waals surface area contributed by atoms with Gasteiger partial charge in [0.25, 0.3) is 0 Å². The van der Waals surface area contributed by atoms with E-state index in [9.17, 15) is 0 Å². The maximum atomic E-state index is 5.89. The molecule has 2 N–H and O–H groups in total. The SMILES string of the molecule is COc1ccc(CN2CCOC(C(C)N)C2)cc1. The summed E-state index contributed by atoms with van der Waals surface area (Å²) in [5.41, 5.74) is 7.19. The number of ether oxygens (including phenoxy) is 2. The molecule has 0 bridgehead atoms. The summed E-state index contributed by atoms with van der Waals surface area (Å²) in [7, 11) is 1.68. The molecule has 0 saturated carbocycles. The van der Waals surface area contributed by atoms with Gasteiger partial charge in [-0.1, -0.05) is 12.1 Å². The van der Waals surface area contributed by atoms with Crippen LogP contribution in [0.1, 0.15) is 12.5 Å². The molecule has 0 radical (unpaired) electrons. The van der Waals surface area contributed by atoms with Gasteiger partial charge in [-0.25, -0.2) is 0 Å². The molecule has 1 aromatic rings. The van der Waals surface area contributed by atoms with Gasteiger partial charge in [-0.3, -0.25) is 4.90 Å². The Morgan fingerprint density at radius 2 is 2.17 bits per heavy atom. The molecule has 18 heavy (non-hydrogen) atoms. The fraction of sp³-hybridized carbons (Fsp3) is 0.571. The molecule has 2 rings (SSSR count). The van der Waals surface area contributed by atoms with Gasteiger partial charge >= 0.3 is 0 Å². The van der Waals surface area contributed by atoms with E-state index in [1.165, 1.54) is 5.56 Å². The normalized spacial score (nSPS) is 22.7. The van der Waals surface area contributed by atoms with Gasteiger partial charge < -0.3 is 15.2 Å². The summed E-state index contributed by atoms with van der Waals surface area (Å²) in [6.45, 7) is 5.58. The molecule has 4 heteroatoms. The lowest BCUT2D eigenvalue weighted by atomic mass is 10.1. The van der Waals surface area contributed by atoms with Crippen molar-refractivity contribution in [1.82, 2.24) is 4.90 Å². The first-order valence-electron chi connectivity index (χ1n) is 6.41. The van der Waals surface area contributed by atoms with Crippen LogP contribution in [0.5, 0.6) is 5.75 Å². The summed E-state index contributed by atoms with van der Waals surface area (Å²) in [4.78, 5) is 2.39. The minimum Gasteiger partial charge on any atom is -0.497 e. The molecule has 1 fully saturated rings. The van der Waals surface area contributed by atoms with Gasteiger partial charge in [-0.05, 0) is 24.6 Å². The molecule has 1 aliphatic heterocycles. The second-order valence-corrected chi connectivity index (χ2v) is 4.85. The molecule has 1 heterocycles. The zero-order valence-corrected chi connectivity index (χ0v) is 11.1. The second kappa shape index (κ2) is 6.18. The molecule has 2 unspecified atom stereocenters. The van der Waals surface area contributed by atoms with Crippen molar-refractivity contribution in [2.75, 3.05) is 26.8 Å². The molecule has 0 spiro atoms. The van der Waals surface area contributed by atoms with Crippen molar-refractivity contribution < 1.29 is 9.47 Å². The van der Waals surface area contributed by atoms with Crippen LogP contribution in [0.15, 0.2) is 24.3 Å². The van der Waals surface area contributed by atoms with Crippen molar-refractivity contribution in [3.05, 3.63) is 29.8 Å². The third-order valence-electron chi connectivity index (χ3n) is 3.33. The Kier molecular flexibility index (Phi) is 4.58. The molecular weight excluding hydrogens is 228 g/mol. The van der Waals surface area contributed by atoms with E-state index in [1.54, 1.807) is 7.11 Å². The maximum Gasteiger partial charge on any atom is 0.118 e. The molecule has 0 aliphatic carbocycles.